The Morgan fingerprint density at radius 1 is 1.53 bits per heavy atom. The van der Waals surface area contributed by atoms with Gasteiger partial charge in [0.25, 0.3) is 0 Å². The number of amidine groups is 1. The summed E-state index contributed by atoms with van der Waals surface area (Å²) in [5.74, 6) is 0.249. The van der Waals surface area contributed by atoms with Crippen LogP contribution in [0.15, 0.2) is 23.2 Å². The standard InChI is InChI=1S/C12H12ClN3O2S/c1-7-4-3-5-8(13)10(7)14-11(18)15-12-16(2)9(17)6-19-12/h3-5H,6H2,1-2H3,(H,14,18)/b15-12+. The average Bonchev–Trinajstić information content (AvgIpc) is 2.66. The second-order valence-electron chi connectivity index (χ2n) is 4.00. The van der Waals surface area contributed by atoms with Crippen LogP contribution in [0.5, 0.6) is 0 Å². The van der Waals surface area contributed by atoms with Gasteiger partial charge in [-0.3, -0.25) is 9.69 Å². The molecule has 0 atom stereocenters. The maximum Gasteiger partial charge on any atom is 0.347 e. The lowest BCUT2D eigenvalue weighted by Gasteiger charge is -2.10. The van der Waals surface area contributed by atoms with Crippen molar-refractivity contribution in [2.45, 2.75) is 6.92 Å². The van der Waals surface area contributed by atoms with Crippen LogP contribution in [0.25, 0.3) is 0 Å². The van der Waals surface area contributed by atoms with Crippen LogP contribution in [0.3, 0.4) is 0 Å². The zero-order valence-corrected chi connectivity index (χ0v) is 12.0. The van der Waals surface area contributed by atoms with Crippen molar-refractivity contribution in [1.82, 2.24) is 4.90 Å². The van der Waals surface area contributed by atoms with E-state index >= 15 is 0 Å². The fourth-order valence-electron chi connectivity index (χ4n) is 1.55. The number of anilines is 1. The molecule has 1 aromatic carbocycles. The quantitative estimate of drug-likeness (QED) is 0.867. The van der Waals surface area contributed by atoms with Crippen molar-refractivity contribution in [3.63, 3.8) is 0 Å². The molecule has 1 saturated heterocycles. The van der Waals surface area contributed by atoms with E-state index in [1.807, 2.05) is 13.0 Å². The number of rotatable bonds is 1. The monoisotopic (exact) mass is 297 g/mol. The Morgan fingerprint density at radius 2 is 2.26 bits per heavy atom. The number of para-hydroxylation sites is 1. The molecule has 0 aromatic heterocycles. The molecule has 1 heterocycles. The van der Waals surface area contributed by atoms with Gasteiger partial charge >= 0.3 is 6.03 Å². The molecule has 1 aromatic rings. The largest absolute Gasteiger partial charge is 0.347 e. The third-order valence-corrected chi connectivity index (χ3v) is 3.97. The number of benzene rings is 1. The Hall–Kier alpha value is -1.53. The van der Waals surface area contributed by atoms with E-state index in [1.54, 1.807) is 19.2 Å². The van der Waals surface area contributed by atoms with Gasteiger partial charge in [-0.2, -0.15) is 4.99 Å². The van der Waals surface area contributed by atoms with Gasteiger partial charge in [-0.05, 0) is 18.6 Å². The predicted octanol–water partition coefficient (Wildman–Crippen LogP) is 2.74. The molecule has 0 saturated carbocycles. The normalized spacial score (nSPS) is 17.1. The molecule has 100 valence electrons. The summed E-state index contributed by atoms with van der Waals surface area (Å²) in [5, 5.41) is 3.48. The first kappa shape index (κ1) is 13.9. The van der Waals surface area contributed by atoms with Crippen molar-refractivity contribution in [2.24, 2.45) is 4.99 Å². The first-order valence-corrected chi connectivity index (χ1v) is 6.89. The molecule has 1 fully saturated rings. The van der Waals surface area contributed by atoms with Crippen LogP contribution in [-0.2, 0) is 4.79 Å². The molecule has 1 N–H and O–H groups in total. The fraction of sp³-hybridized carbons (Fsp3) is 0.250. The van der Waals surface area contributed by atoms with E-state index in [0.717, 1.165) is 5.56 Å². The summed E-state index contributed by atoms with van der Waals surface area (Å²) in [6.45, 7) is 1.84. The highest BCUT2D eigenvalue weighted by Crippen LogP contribution is 2.25. The second-order valence-corrected chi connectivity index (χ2v) is 5.35. The van der Waals surface area contributed by atoms with Crippen LogP contribution < -0.4 is 5.32 Å². The molecule has 0 spiro atoms. The number of carbonyl (C=O) groups excluding carboxylic acids is 2. The van der Waals surface area contributed by atoms with Crippen LogP contribution in [0.4, 0.5) is 10.5 Å². The van der Waals surface area contributed by atoms with Crippen LogP contribution in [0.2, 0.25) is 5.02 Å². The molecule has 0 bridgehead atoms. The van der Waals surface area contributed by atoms with Crippen molar-refractivity contribution >= 4 is 46.2 Å². The van der Waals surface area contributed by atoms with E-state index in [9.17, 15) is 9.59 Å². The van der Waals surface area contributed by atoms with E-state index in [2.05, 4.69) is 10.3 Å². The van der Waals surface area contributed by atoms with Gasteiger partial charge in [-0.25, -0.2) is 4.79 Å². The zero-order chi connectivity index (χ0) is 14.0. The molecule has 3 amide bonds. The summed E-state index contributed by atoms with van der Waals surface area (Å²) in [5.41, 5.74) is 1.39. The number of nitrogens with one attached hydrogen (secondary N) is 1. The minimum atomic E-state index is -0.541. The van der Waals surface area contributed by atoms with Gasteiger partial charge in [0.1, 0.15) is 0 Å². The number of nitrogens with zero attached hydrogens (tertiary/aromatic N) is 2. The predicted molar refractivity (Wildman–Crippen MR) is 77.9 cm³/mol. The highest BCUT2D eigenvalue weighted by Gasteiger charge is 2.25. The Morgan fingerprint density at radius 3 is 2.84 bits per heavy atom. The molecule has 0 radical (unpaired) electrons. The first-order chi connectivity index (χ1) is 8.99. The molecule has 5 nitrogen and oxygen atoms in total. The number of hydrogen-bond donors (Lipinski definition) is 1. The number of aryl methyl sites for hydroxylation is 1. The summed E-state index contributed by atoms with van der Waals surface area (Å²) in [6.07, 6.45) is 0. The summed E-state index contributed by atoms with van der Waals surface area (Å²) in [4.78, 5) is 28.3. The van der Waals surface area contributed by atoms with Crippen LogP contribution >= 0.6 is 23.4 Å². The number of hydrogen-bond acceptors (Lipinski definition) is 3. The van der Waals surface area contributed by atoms with E-state index in [1.165, 1.54) is 16.7 Å². The van der Waals surface area contributed by atoms with E-state index in [4.69, 9.17) is 11.6 Å². The summed E-state index contributed by atoms with van der Waals surface area (Å²) >= 11 is 7.25. The second kappa shape index (κ2) is 5.63. The van der Waals surface area contributed by atoms with Crippen molar-refractivity contribution < 1.29 is 9.59 Å². The summed E-state index contributed by atoms with van der Waals surface area (Å²) in [7, 11) is 1.59. The van der Waals surface area contributed by atoms with Gasteiger partial charge < -0.3 is 5.32 Å². The molecule has 19 heavy (non-hydrogen) atoms. The SMILES string of the molecule is Cc1cccc(Cl)c1NC(=O)/N=C1/SCC(=O)N1C. The Bertz CT molecular complexity index is 554. The summed E-state index contributed by atoms with van der Waals surface area (Å²) in [6, 6.07) is 4.80. The lowest BCUT2D eigenvalue weighted by atomic mass is 10.2. The minimum Gasteiger partial charge on any atom is -0.304 e. The first-order valence-electron chi connectivity index (χ1n) is 5.53. The van der Waals surface area contributed by atoms with Gasteiger partial charge in [0.05, 0.1) is 16.5 Å². The minimum absolute atomic E-state index is 0.0644. The van der Waals surface area contributed by atoms with Gasteiger partial charge in [-0.1, -0.05) is 35.5 Å². The zero-order valence-electron chi connectivity index (χ0n) is 10.4. The molecule has 1 aliphatic rings. The molecule has 7 heteroatoms. The van der Waals surface area contributed by atoms with Crippen LogP contribution in [0, 0.1) is 6.92 Å². The van der Waals surface area contributed by atoms with E-state index < -0.39 is 6.03 Å². The van der Waals surface area contributed by atoms with Crippen LogP contribution in [-0.4, -0.2) is 34.8 Å². The fourth-order valence-corrected chi connectivity index (χ4v) is 2.70. The lowest BCUT2D eigenvalue weighted by molar-refractivity contribution is -0.123. The molecular formula is C12H12ClN3O2S. The van der Waals surface area contributed by atoms with Crippen molar-refractivity contribution in [1.29, 1.82) is 0 Å². The number of carbonyl (C=O) groups is 2. The Balaban J connectivity index is 2.14. The topological polar surface area (TPSA) is 61.8 Å². The van der Waals surface area contributed by atoms with E-state index in [-0.39, 0.29) is 5.91 Å². The number of amides is 3. The van der Waals surface area contributed by atoms with Gasteiger partial charge in [0, 0.05) is 7.05 Å². The maximum atomic E-state index is 11.8. The molecule has 1 aliphatic heterocycles. The van der Waals surface area contributed by atoms with Crippen LogP contribution in [0.1, 0.15) is 5.56 Å². The number of halogens is 1. The van der Waals surface area contributed by atoms with Crippen molar-refractivity contribution in [3.05, 3.63) is 28.8 Å². The number of thioether (sulfide) groups is 1. The average molecular weight is 298 g/mol. The molecule has 2 rings (SSSR count). The molecule has 0 aliphatic carbocycles. The third-order valence-electron chi connectivity index (χ3n) is 2.64. The third kappa shape index (κ3) is 3.08. The van der Waals surface area contributed by atoms with Gasteiger partial charge in [0.2, 0.25) is 5.91 Å². The smallest absolute Gasteiger partial charge is 0.304 e. The molecular weight excluding hydrogens is 286 g/mol. The number of aliphatic imine (C=N–C) groups is 1. The number of urea groups is 1. The van der Waals surface area contributed by atoms with Gasteiger partial charge in [-0.15, -0.1) is 0 Å². The maximum absolute atomic E-state index is 11.8. The lowest BCUT2D eigenvalue weighted by Crippen LogP contribution is -2.25. The van der Waals surface area contributed by atoms with Crippen molar-refractivity contribution in [3.8, 4) is 0 Å². The van der Waals surface area contributed by atoms with Gasteiger partial charge in [0.15, 0.2) is 5.17 Å². The molecule has 0 unspecified atom stereocenters. The van der Waals surface area contributed by atoms with E-state index in [0.29, 0.717) is 21.6 Å². The highest BCUT2D eigenvalue weighted by atomic mass is 35.5. The highest BCUT2D eigenvalue weighted by molar-refractivity contribution is 8.15. The van der Waals surface area contributed by atoms with Crippen molar-refractivity contribution in [2.75, 3.05) is 18.1 Å². The summed E-state index contributed by atoms with van der Waals surface area (Å²) < 4.78 is 0. The Labute approximate surface area is 120 Å². The Kier molecular flexibility index (Phi) is 4.11.